The summed E-state index contributed by atoms with van der Waals surface area (Å²) in [6, 6.07) is 14.6. The van der Waals surface area contributed by atoms with Gasteiger partial charge < -0.3 is 19.7 Å². The lowest BCUT2D eigenvalue weighted by Gasteiger charge is -2.30. The minimum Gasteiger partial charge on any atom is -0.497 e. The van der Waals surface area contributed by atoms with Crippen LogP contribution in [-0.2, 0) is 11.3 Å². The Morgan fingerprint density at radius 2 is 1.93 bits per heavy atom. The highest BCUT2D eigenvalue weighted by molar-refractivity contribution is 7.80. The van der Waals surface area contributed by atoms with Crippen molar-refractivity contribution in [2.45, 2.75) is 26.8 Å². The monoisotopic (exact) mass is 427 g/mol. The molecule has 0 amide bonds. The average molecular weight is 428 g/mol. The molecule has 0 bridgehead atoms. The maximum absolute atomic E-state index is 5.81. The predicted octanol–water partition coefficient (Wildman–Crippen LogP) is 4.23. The summed E-state index contributed by atoms with van der Waals surface area (Å²) in [4.78, 5) is 4.72. The van der Waals surface area contributed by atoms with E-state index >= 15 is 0 Å². The van der Waals surface area contributed by atoms with Crippen molar-refractivity contribution in [2.75, 3.05) is 51.8 Å². The van der Waals surface area contributed by atoms with Crippen LogP contribution in [0.3, 0.4) is 0 Å². The number of methoxy groups -OCH3 is 1. The first-order chi connectivity index (χ1) is 14.5. The summed E-state index contributed by atoms with van der Waals surface area (Å²) in [6.45, 7) is 10.6. The predicted molar refractivity (Wildman–Crippen MR) is 127 cm³/mol. The number of nitrogens with zero attached hydrogens (tertiary/aromatic N) is 2. The van der Waals surface area contributed by atoms with Crippen LogP contribution in [0.15, 0.2) is 42.5 Å². The number of hydrogen-bond donors (Lipinski definition) is 1. The van der Waals surface area contributed by atoms with Gasteiger partial charge in [0.25, 0.3) is 0 Å². The molecule has 1 saturated heterocycles. The summed E-state index contributed by atoms with van der Waals surface area (Å²) in [7, 11) is 1.70. The normalized spacial score (nSPS) is 14.4. The minimum absolute atomic E-state index is 0.747. The van der Waals surface area contributed by atoms with Gasteiger partial charge in [0.05, 0.1) is 20.3 Å². The molecule has 30 heavy (non-hydrogen) atoms. The summed E-state index contributed by atoms with van der Waals surface area (Å²) < 4.78 is 10.8. The van der Waals surface area contributed by atoms with Crippen LogP contribution in [0.2, 0.25) is 0 Å². The lowest BCUT2D eigenvalue weighted by Crippen LogP contribution is -2.40. The maximum atomic E-state index is 5.81. The lowest BCUT2D eigenvalue weighted by atomic mass is 10.1. The second kappa shape index (κ2) is 11.3. The van der Waals surface area contributed by atoms with E-state index in [9.17, 15) is 0 Å². The van der Waals surface area contributed by atoms with Crippen molar-refractivity contribution in [1.82, 2.24) is 9.80 Å². The summed E-state index contributed by atoms with van der Waals surface area (Å²) in [5, 5.41) is 4.19. The van der Waals surface area contributed by atoms with Gasteiger partial charge in [-0.3, -0.25) is 4.90 Å². The molecule has 6 heteroatoms. The molecule has 0 atom stereocenters. The van der Waals surface area contributed by atoms with Gasteiger partial charge in [0, 0.05) is 38.4 Å². The molecule has 1 aliphatic rings. The number of aryl methyl sites for hydroxylation is 2. The fraction of sp³-hybridized carbons (Fsp3) is 0.458. The van der Waals surface area contributed by atoms with Crippen molar-refractivity contribution in [3.05, 3.63) is 59.2 Å². The third kappa shape index (κ3) is 6.69. The molecule has 5 nitrogen and oxygen atoms in total. The zero-order valence-electron chi connectivity index (χ0n) is 18.3. The molecule has 2 aromatic carbocycles. The van der Waals surface area contributed by atoms with Gasteiger partial charge in [0.15, 0.2) is 5.11 Å². The van der Waals surface area contributed by atoms with Crippen LogP contribution in [0.4, 0.5) is 5.69 Å². The molecular weight excluding hydrogens is 394 g/mol. The maximum Gasteiger partial charge on any atom is 0.173 e. The fourth-order valence-electron chi connectivity index (χ4n) is 3.58. The quantitative estimate of drug-likeness (QED) is 0.636. The van der Waals surface area contributed by atoms with Crippen LogP contribution in [0.1, 0.15) is 23.1 Å². The summed E-state index contributed by atoms with van der Waals surface area (Å²) in [5.74, 6) is 0.869. The third-order valence-corrected chi connectivity index (χ3v) is 5.92. The number of hydrogen-bond acceptors (Lipinski definition) is 4. The Morgan fingerprint density at radius 1 is 1.13 bits per heavy atom. The molecule has 0 unspecified atom stereocenters. The first-order valence-electron chi connectivity index (χ1n) is 10.6. The molecule has 162 valence electrons. The average Bonchev–Trinajstić information content (AvgIpc) is 2.76. The Hall–Kier alpha value is -2.15. The van der Waals surface area contributed by atoms with Crippen LogP contribution >= 0.6 is 12.2 Å². The fourth-order valence-corrected chi connectivity index (χ4v) is 3.85. The standard InChI is InChI=1S/C24H33N3O2S/c1-19-8-9-22(16-20(19)2)25-24(30)27(11-5-10-26-12-14-29-15-13-26)18-21-6-4-7-23(17-21)28-3/h4,6-9,16-17H,5,10-15,18H2,1-3H3,(H,25,30). The molecule has 0 aliphatic carbocycles. The molecular formula is C24H33N3O2S. The lowest BCUT2D eigenvalue weighted by molar-refractivity contribution is 0.0368. The topological polar surface area (TPSA) is 37.0 Å². The van der Waals surface area contributed by atoms with Crippen LogP contribution < -0.4 is 10.1 Å². The van der Waals surface area contributed by atoms with Crippen molar-refractivity contribution in [3.63, 3.8) is 0 Å². The Labute approximate surface area is 186 Å². The van der Waals surface area contributed by atoms with Crippen LogP contribution in [0.5, 0.6) is 5.75 Å². The SMILES string of the molecule is COc1cccc(CN(CCCN2CCOCC2)C(=S)Nc2ccc(C)c(C)c2)c1. The molecule has 1 N–H and O–H groups in total. The van der Waals surface area contributed by atoms with Gasteiger partial charge in [-0.05, 0) is 73.4 Å². The van der Waals surface area contributed by atoms with E-state index in [1.165, 1.54) is 16.7 Å². The number of nitrogens with one attached hydrogen (secondary N) is 1. The van der Waals surface area contributed by atoms with Crippen molar-refractivity contribution in [2.24, 2.45) is 0 Å². The number of rotatable bonds is 8. The largest absolute Gasteiger partial charge is 0.497 e. The van der Waals surface area contributed by atoms with Crippen molar-refractivity contribution in [1.29, 1.82) is 0 Å². The van der Waals surface area contributed by atoms with Crippen LogP contribution in [-0.4, -0.2) is 61.4 Å². The van der Waals surface area contributed by atoms with Gasteiger partial charge in [-0.25, -0.2) is 0 Å². The van der Waals surface area contributed by atoms with Gasteiger partial charge in [-0.1, -0.05) is 18.2 Å². The smallest absolute Gasteiger partial charge is 0.173 e. The molecule has 3 rings (SSSR count). The number of anilines is 1. The number of morpholine rings is 1. The third-order valence-electron chi connectivity index (χ3n) is 5.56. The number of benzene rings is 2. The number of thiocarbonyl (C=S) groups is 1. The molecule has 1 fully saturated rings. The zero-order valence-corrected chi connectivity index (χ0v) is 19.1. The van der Waals surface area contributed by atoms with Crippen molar-refractivity contribution in [3.8, 4) is 5.75 Å². The van der Waals surface area contributed by atoms with Gasteiger partial charge in [0.1, 0.15) is 5.75 Å². The van der Waals surface area contributed by atoms with Crippen LogP contribution in [0, 0.1) is 13.8 Å². The highest BCUT2D eigenvalue weighted by atomic mass is 32.1. The van der Waals surface area contributed by atoms with Gasteiger partial charge in [0.2, 0.25) is 0 Å². The summed E-state index contributed by atoms with van der Waals surface area (Å²) >= 11 is 5.81. The number of ether oxygens (including phenoxy) is 2. The van der Waals surface area contributed by atoms with Crippen molar-refractivity contribution < 1.29 is 9.47 Å². The molecule has 0 spiro atoms. The highest BCUT2D eigenvalue weighted by Gasteiger charge is 2.14. The molecule has 2 aromatic rings. The Kier molecular flexibility index (Phi) is 8.49. The van der Waals surface area contributed by atoms with E-state index in [-0.39, 0.29) is 0 Å². The van der Waals surface area contributed by atoms with Gasteiger partial charge >= 0.3 is 0 Å². The molecule has 0 aromatic heterocycles. The molecule has 0 radical (unpaired) electrons. The summed E-state index contributed by atoms with van der Waals surface area (Å²) in [5.41, 5.74) is 4.76. The molecule has 1 heterocycles. The Bertz CT molecular complexity index is 837. The van der Waals surface area contributed by atoms with E-state index in [1.54, 1.807) is 7.11 Å². The van der Waals surface area contributed by atoms with Crippen LogP contribution in [0.25, 0.3) is 0 Å². The first-order valence-corrected chi connectivity index (χ1v) is 11.0. The first kappa shape index (κ1) is 22.5. The molecule has 0 saturated carbocycles. The second-order valence-corrected chi connectivity index (χ2v) is 8.20. The van der Waals surface area contributed by atoms with Crippen molar-refractivity contribution >= 4 is 23.0 Å². The van der Waals surface area contributed by atoms with E-state index in [1.807, 2.05) is 12.1 Å². The van der Waals surface area contributed by atoms with E-state index < -0.39 is 0 Å². The van der Waals surface area contributed by atoms with E-state index in [2.05, 4.69) is 59.3 Å². The van der Waals surface area contributed by atoms with E-state index in [0.717, 1.165) is 68.9 Å². The van der Waals surface area contributed by atoms with E-state index in [0.29, 0.717) is 0 Å². The Balaban J connectivity index is 1.66. The van der Waals surface area contributed by atoms with E-state index in [4.69, 9.17) is 21.7 Å². The second-order valence-electron chi connectivity index (χ2n) is 7.81. The zero-order chi connectivity index (χ0) is 21.3. The van der Waals surface area contributed by atoms with Gasteiger partial charge in [-0.2, -0.15) is 0 Å². The Morgan fingerprint density at radius 3 is 2.67 bits per heavy atom. The van der Waals surface area contributed by atoms with Gasteiger partial charge in [-0.15, -0.1) is 0 Å². The highest BCUT2D eigenvalue weighted by Crippen LogP contribution is 2.18. The minimum atomic E-state index is 0.747. The summed E-state index contributed by atoms with van der Waals surface area (Å²) in [6.07, 6.45) is 1.05. The molecule has 1 aliphatic heterocycles.